The van der Waals surface area contributed by atoms with Gasteiger partial charge in [0.2, 0.25) is 0 Å². The summed E-state index contributed by atoms with van der Waals surface area (Å²) in [4.78, 5) is 11.1. The van der Waals surface area contributed by atoms with E-state index in [0.29, 0.717) is 23.8 Å². The van der Waals surface area contributed by atoms with Crippen LogP contribution in [-0.2, 0) is 9.47 Å². The number of fused-ring (bicyclic) bond motifs is 1. The summed E-state index contributed by atoms with van der Waals surface area (Å²) in [5, 5.41) is 0. The molecule has 10 heteroatoms. The molecule has 7 nitrogen and oxygen atoms in total. The summed E-state index contributed by atoms with van der Waals surface area (Å²) in [5.74, 6) is 2.29. The van der Waals surface area contributed by atoms with Gasteiger partial charge in [-0.25, -0.2) is 4.99 Å². The number of rotatable bonds is 5. The Morgan fingerprint density at radius 1 is 1.00 bits per heavy atom. The molecule has 1 aromatic rings. The summed E-state index contributed by atoms with van der Waals surface area (Å²) in [5.41, 5.74) is 0. The third kappa shape index (κ3) is 4.78. The average molecular weight is 437 g/mol. The molecule has 0 spiro atoms. The van der Waals surface area contributed by atoms with Crippen LogP contribution >= 0.6 is 0 Å². The van der Waals surface area contributed by atoms with E-state index in [9.17, 15) is 13.2 Å². The van der Waals surface area contributed by atoms with Crippen LogP contribution < -0.4 is 9.47 Å². The minimum atomic E-state index is -4.72. The highest BCUT2D eigenvalue weighted by molar-refractivity contribution is 5.95. The maximum Gasteiger partial charge on any atom is 0.573 e. The lowest BCUT2D eigenvalue weighted by molar-refractivity contribution is -0.274. The fourth-order valence-electron chi connectivity index (χ4n) is 3.88. The number of aliphatic imine (C=N–C) groups is 2. The molecule has 1 aromatic carbocycles. The highest BCUT2D eigenvalue weighted by atomic mass is 19.4. The minimum Gasteiger partial charge on any atom is -0.493 e. The van der Waals surface area contributed by atoms with E-state index in [4.69, 9.17) is 14.2 Å². The quantitative estimate of drug-likeness (QED) is 0.705. The standard InChI is InChI=1S/C21H22F3N3O4/c1-28-18-9-16-17(10-19(18)29-2)25-12-26-20(16)27-8-7-15(11-27)30-13-3-5-14(6-4-13)31-21(22,23)24/h3-6,9-10,12,15-17H,7-8,11H2,1-2H3. The molecule has 1 fully saturated rings. The van der Waals surface area contributed by atoms with Crippen LogP contribution in [0, 0.1) is 5.92 Å². The molecular weight excluding hydrogens is 415 g/mol. The van der Waals surface area contributed by atoms with Gasteiger partial charge in [0, 0.05) is 13.0 Å². The number of methoxy groups -OCH3 is 2. The fourth-order valence-corrected chi connectivity index (χ4v) is 3.88. The Bertz CT molecular complexity index is 925. The van der Waals surface area contributed by atoms with Gasteiger partial charge in [-0.3, -0.25) is 4.99 Å². The number of nitrogens with zero attached hydrogens (tertiary/aromatic N) is 3. The predicted octanol–water partition coefficient (Wildman–Crippen LogP) is 3.54. The SMILES string of the molecule is COC1=CC2N=CN=C(N3CCC(Oc4ccc(OC(F)(F)F)cc4)C3)C2C=C1OC. The average Bonchev–Trinajstić information content (AvgIpc) is 3.20. The van der Waals surface area contributed by atoms with Crippen LogP contribution in [0.2, 0.25) is 0 Å². The van der Waals surface area contributed by atoms with Gasteiger partial charge in [-0.15, -0.1) is 13.2 Å². The lowest BCUT2D eigenvalue weighted by Gasteiger charge is -2.33. The van der Waals surface area contributed by atoms with Gasteiger partial charge in [0.25, 0.3) is 0 Å². The van der Waals surface area contributed by atoms with E-state index in [1.165, 1.54) is 24.3 Å². The zero-order valence-corrected chi connectivity index (χ0v) is 17.0. The Labute approximate surface area is 177 Å². The lowest BCUT2D eigenvalue weighted by atomic mass is 9.91. The fraction of sp³-hybridized carbons (Fsp3) is 0.429. The van der Waals surface area contributed by atoms with Crippen LogP contribution in [0.25, 0.3) is 0 Å². The summed E-state index contributed by atoms with van der Waals surface area (Å²) in [6.07, 6.45) is 1.36. The Hall–Kier alpha value is -3.17. The summed E-state index contributed by atoms with van der Waals surface area (Å²) in [6, 6.07) is 5.29. The molecule has 3 unspecified atom stereocenters. The molecule has 1 aliphatic carbocycles. The molecule has 31 heavy (non-hydrogen) atoms. The third-order valence-electron chi connectivity index (χ3n) is 5.26. The number of benzene rings is 1. The Morgan fingerprint density at radius 2 is 1.68 bits per heavy atom. The van der Waals surface area contributed by atoms with E-state index in [1.807, 2.05) is 12.2 Å². The number of likely N-dealkylation sites (tertiary alicyclic amines) is 1. The van der Waals surface area contributed by atoms with Gasteiger partial charge in [-0.2, -0.15) is 0 Å². The molecule has 166 valence electrons. The monoisotopic (exact) mass is 437 g/mol. The summed E-state index contributed by atoms with van der Waals surface area (Å²) < 4.78 is 57.5. The van der Waals surface area contributed by atoms with Crippen molar-refractivity contribution in [2.45, 2.75) is 24.9 Å². The maximum atomic E-state index is 12.3. The van der Waals surface area contributed by atoms with Crippen molar-refractivity contribution in [2.24, 2.45) is 15.9 Å². The van der Waals surface area contributed by atoms with Gasteiger partial charge < -0.3 is 23.8 Å². The van der Waals surface area contributed by atoms with Gasteiger partial charge in [-0.05, 0) is 36.4 Å². The molecule has 0 amide bonds. The number of amidine groups is 1. The Balaban J connectivity index is 1.40. The normalized spacial score (nSPS) is 25.3. The van der Waals surface area contributed by atoms with Gasteiger partial charge in [0.05, 0.1) is 32.7 Å². The molecule has 0 saturated carbocycles. The zero-order chi connectivity index (χ0) is 22.0. The van der Waals surface area contributed by atoms with Crippen molar-refractivity contribution in [3.63, 3.8) is 0 Å². The lowest BCUT2D eigenvalue weighted by Crippen LogP contribution is -2.42. The molecule has 2 heterocycles. The molecule has 3 aliphatic rings. The Kier molecular flexibility index (Phi) is 5.79. The molecule has 0 bridgehead atoms. The van der Waals surface area contributed by atoms with E-state index in [0.717, 1.165) is 18.8 Å². The van der Waals surface area contributed by atoms with Crippen LogP contribution in [0.5, 0.6) is 11.5 Å². The highest BCUT2D eigenvalue weighted by Crippen LogP contribution is 2.32. The van der Waals surface area contributed by atoms with Gasteiger partial charge in [0.1, 0.15) is 29.8 Å². The van der Waals surface area contributed by atoms with Crippen molar-refractivity contribution in [1.29, 1.82) is 0 Å². The number of ether oxygens (including phenoxy) is 4. The number of hydrogen-bond donors (Lipinski definition) is 0. The van der Waals surface area contributed by atoms with Crippen LogP contribution in [0.15, 0.2) is 57.9 Å². The molecule has 0 N–H and O–H groups in total. The van der Waals surface area contributed by atoms with E-state index < -0.39 is 6.36 Å². The van der Waals surface area contributed by atoms with Crippen molar-refractivity contribution < 1.29 is 32.1 Å². The molecular formula is C21H22F3N3O4. The molecule has 2 aliphatic heterocycles. The first-order valence-electron chi connectivity index (χ1n) is 9.75. The third-order valence-corrected chi connectivity index (χ3v) is 5.26. The van der Waals surface area contributed by atoms with E-state index >= 15 is 0 Å². The molecule has 1 saturated heterocycles. The van der Waals surface area contributed by atoms with E-state index in [2.05, 4.69) is 19.6 Å². The first kappa shape index (κ1) is 21.1. The summed E-state index contributed by atoms with van der Waals surface area (Å²) in [7, 11) is 3.18. The largest absolute Gasteiger partial charge is 0.573 e. The van der Waals surface area contributed by atoms with Crippen LogP contribution in [0.1, 0.15) is 6.42 Å². The van der Waals surface area contributed by atoms with Crippen LogP contribution in [0.3, 0.4) is 0 Å². The van der Waals surface area contributed by atoms with Gasteiger partial charge >= 0.3 is 6.36 Å². The van der Waals surface area contributed by atoms with Crippen LogP contribution in [0.4, 0.5) is 13.2 Å². The Morgan fingerprint density at radius 3 is 2.35 bits per heavy atom. The van der Waals surface area contributed by atoms with Crippen molar-refractivity contribution in [3.8, 4) is 11.5 Å². The maximum absolute atomic E-state index is 12.3. The smallest absolute Gasteiger partial charge is 0.493 e. The van der Waals surface area contributed by atoms with Crippen LogP contribution in [-0.4, -0.2) is 62.9 Å². The van der Waals surface area contributed by atoms with E-state index in [1.54, 1.807) is 20.6 Å². The van der Waals surface area contributed by atoms with Gasteiger partial charge in [0.15, 0.2) is 11.5 Å². The molecule has 4 rings (SSSR count). The summed E-state index contributed by atoms with van der Waals surface area (Å²) >= 11 is 0. The van der Waals surface area contributed by atoms with Gasteiger partial charge in [-0.1, -0.05) is 0 Å². The van der Waals surface area contributed by atoms with Crippen molar-refractivity contribution in [2.75, 3.05) is 27.3 Å². The molecule has 3 atom stereocenters. The van der Waals surface area contributed by atoms with Crippen molar-refractivity contribution in [3.05, 3.63) is 47.9 Å². The predicted molar refractivity (Wildman–Crippen MR) is 107 cm³/mol. The second-order valence-corrected chi connectivity index (χ2v) is 7.23. The second-order valence-electron chi connectivity index (χ2n) is 7.23. The molecule has 0 aromatic heterocycles. The highest BCUT2D eigenvalue weighted by Gasteiger charge is 2.37. The number of halogens is 3. The topological polar surface area (TPSA) is 64.9 Å². The first-order chi connectivity index (χ1) is 14.9. The first-order valence-corrected chi connectivity index (χ1v) is 9.75. The zero-order valence-electron chi connectivity index (χ0n) is 17.0. The summed E-state index contributed by atoms with van der Waals surface area (Å²) in [6.45, 7) is 1.35. The van der Waals surface area contributed by atoms with Crippen molar-refractivity contribution >= 4 is 12.2 Å². The number of hydrogen-bond acceptors (Lipinski definition) is 7. The van der Waals surface area contributed by atoms with Crippen molar-refractivity contribution in [1.82, 2.24) is 4.90 Å². The number of alkyl halides is 3. The minimum absolute atomic E-state index is 0.0728. The van der Waals surface area contributed by atoms with E-state index in [-0.39, 0.29) is 23.8 Å². The second kappa shape index (κ2) is 8.52. The molecule has 0 radical (unpaired) electrons.